The predicted octanol–water partition coefficient (Wildman–Crippen LogP) is 2.94. The van der Waals surface area contributed by atoms with E-state index in [4.69, 9.17) is 5.73 Å². The highest BCUT2D eigenvalue weighted by molar-refractivity contribution is 5.63. The Balaban J connectivity index is 2.58. The molecule has 18 heavy (non-hydrogen) atoms. The van der Waals surface area contributed by atoms with Gasteiger partial charge in [0, 0.05) is 18.0 Å². The molecule has 0 unspecified atom stereocenters. The van der Waals surface area contributed by atoms with Crippen LogP contribution in [0.3, 0.4) is 0 Å². The van der Waals surface area contributed by atoms with Gasteiger partial charge < -0.3 is 10.7 Å². The van der Waals surface area contributed by atoms with Gasteiger partial charge in [-0.1, -0.05) is 13.8 Å². The molecule has 1 heterocycles. The van der Waals surface area contributed by atoms with Crippen LogP contribution in [-0.2, 0) is 6.54 Å². The molecule has 0 bridgehead atoms. The average molecular weight is 251 g/mol. The smallest absolute Gasteiger partial charge is 0.132 e. The second-order valence-electron chi connectivity index (χ2n) is 4.43. The molecule has 0 saturated heterocycles. The number of halogens is 2. The summed E-state index contributed by atoms with van der Waals surface area (Å²) in [6.07, 6.45) is 0. The number of nitrogens with zero attached hydrogens (tertiary/aromatic N) is 1. The van der Waals surface area contributed by atoms with Crippen LogP contribution in [0.25, 0.3) is 11.3 Å². The Kier molecular flexibility index (Phi) is 3.43. The first-order valence-electron chi connectivity index (χ1n) is 5.77. The van der Waals surface area contributed by atoms with E-state index in [9.17, 15) is 8.78 Å². The maximum Gasteiger partial charge on any atom is 0.132 e. The third-order valence-corrected chi connectivity index (χ3v) is 2.73. The van der Waals surface area contributed by atoms with Crippen LogP contribution in [0, 0.1) is 11.6 Å². The Morgan fingerprint density at radius 3 is 2.67 bits per heavy atom. The molecule has 1 aromatic heterocycles. The molecule has 0 aliphatic rings. The molecule has 0 saturated carbocycles. The lowest BCUT2D eigenvalue weighted by Gasteiger charge is -2.02. The van der Waals surface area contributed by atoms with Crippen LogP contribution in [0.15, 0.2) is 18.2 Å². The number of aromatic nitrogens is 2. The minimum Gasteiger partial charge on any atom is -0.344 e. The van der Waals surface area contributed by atoms with Gasteiger partial charge in [0.2, 0.25) is 0 Å². The van der Waals surface area contributed by atoms with Crippen molar-refractivity contribution < 1.29 is 8.78 Å². The largest absolute Gasteiger partial charge is 0.344 e. The van der Waals surface area contributed by atoms with Crippen LogP contribution >= 0.6 is 0 Å². The number of aromatic amines is 1. The molecule has 0 fully saturated rings. The summed E-state index contributed by atoms with van der Waals surface area (Å²) in [5.41, 5.74) is 6.74. The fraction of sp³-hybridized carbons (Fsp3) is 0.308. The Morgan fingerprint density at radius 1 is 1.33 bits per heavy atom. The lowest BCUT2D eigenvalue weighted by Crippen LogP contribution is -2.00. The number of benzene rings is 1. The minimum atomic E-state index is -0.507. The van der Waals surface area contributed by atoms with Gasteiger partial charge in [0.1, 0.15) is 17.5 Å². The Labute approximate surface area is 104 Å². The van der Waals surface area contributed by atoms with Gasteiger partial charge in [-0.2, -0.15) is 0 Å². The normalized spacial score (nSPS) is 11.2. The predicted molar refractivity (Wildman–Crippen MR) is 65.9 cm³/mol. The van der Waals surface area contributed by atoms with Crippen LogP contribution in [0.4, 0.5) is 8.78 Å². The fourth-order valence-electron chi connectivity index (χ4n) is 1.75. The molecule has 0 atom stereocenters. The quantitative estimate of drug-likeness (QED) is 0.881. The van der Waals surface area contributed by atoms with Gasteiger partial charge in [-0.3, -0.25) is 0 Å². The lowest BCUT2D eigenvalue weighted by molar-refractivity contribution is 0.602. The van der Waals surface area contributed by atoms with Crippen molar-refractivity contribution in [3.63, 3.8) is 0 Å². The fourth-order valence-corrected chi connectivity index (χ4v) is 1.75. The zero-order valence-electron chi connectivity index (χ0n) is 10.3. The first kappa shape index (κ1) is 12.7. The molecule has 2 aromatic rings. The highest BCUT2D eigenvalue weighted by atomic mass is 19.1. The van der Waals surface area contributed by atoms with Gasteiger partial charge in [-0.05, 0) is 18.2 Å². The Morgan fingerprint density at radius 2 is 2.06 bits per heavy atom. The summed E-state index contributed by atoms with van der Waals surface area (Å²) in [7, 11) is 0. The number of nitrogens with one attached hydrogen (secondary N) is 1. The summed E-state index contributed by atoms with van der Waals surface area (Å²) in [6, 6.07) is 3.31. The summed E-state index contributed by atoms with van der Waals surface area (Å²) >= 11 is 0. The first-order valence-corrected chi connectivity index (χ1v) is 5.77. The van der Waals surface area contributed by atoms with Gasteiger partial charge in [0.15, 0.2) is 0 Å². The minimum absolute atomic E-state index is 0.138. The van der Waals surface area contributed by atoms with Gasteiger partial charge in [-0.15, -0.1) is 0 Å². The molecule has 3 N–H and O–H groups in total. The third-order valence-electron chi connectivity index (χ3n) is 2.73. The molecule has 5 heteroatoms. The number of hydrogen-bond acceptors (Lipinski definition) is 2. The molecular formula is C13H15F2N3. The topological polar surface area (TPSA) is 54.7 Å². The van der Waals surface area contributed by atoms with E-state index in [0.29, 0.717) is 17.2 Å². The monoisotopic (exact) mass is 251 g/mol. The van der Waals surface area contributed by atoms with Crippen LogP contribution in [0.5, 0.6) is 0 Å². The van der Waals surface area contributed by atoms with Crippen molar-refractivity contribution in [3.05, 3.63) is 41.4 Å². The third kappa shape index (κ3) is 2.26. The Bertz CT molecular complexity index is 561. The second-order valence-corrected chi connectivity index (χ2v) is 4.43. The van der Waals surface area contributed by atoms with Crippen LogP contribution in [0.1, 0.15) is 31.3 Å². The number of nitrogens with two attached hydrogens (primary N) is 1. The van der Waals surface area contributed by atoms with Crippen molar-refractivity contribution in [2.45, 2.75) is 26.3 Å². The van der Waals surface area contributed by atoms with Gasteiger partial charge in [0.25, 0.3) is 0 Å². The van der Waals surface area contributed by atoms with Crippen molar-refractivity contribution in [2.75, 3.05) is 0 Å². The summed E-state index contributed by atoms with van der Waals surface area (Å²) in [5, 5.41) is 0. The molecule has 3 nitrogen and oxygen atoms in total. The van der Waals surface area contributed by atoms with E-state index in [-0.39, 0.29) is 18.0 Å². The Hall–Kier alpha value is -1.75. The van der Waals surface area contributed by atoms with Crippen molar-refractivity contribution in [1.82, 2.24) is 9.97 Å². The SMILES string of the molecule is CC(C)c1nc(-c2cc(F)ccc2F)c(CN)[nH]1. The zero-order chi connectivity index (χ0) is 13.3. The number of hydrogen-bond donors (Lipinski definition) is 2. The molecular weight excluding hydrogens is 236 g/mol. The lowest BCUT2D eigenvalue weighted by atomic mass is 10.1. The number of imidazole rings is 1. The van der Waals surface area contributed by atoms with Gasteiger partial charge in [-0.25, -0.2) is 13.8 Å². The van der Waals surface area contributed by atoms with E-state index >= 15 is 0 Å². The van der Waals surface area contributed by atoms with Crippen LogP contribution < -0.4 is 5.73 Å². The highest BCUT2D eigenvalue weighted by Gasteiger charge is 2.16. The number of H-pyrrole nitrogens is 1. The van der Waals surface area contributed by atoms with E-state index in [1.54, 1.807) is 0 Å². The molecule has 0 radical (unpaired) electrons. The summed E-state index contributed by atoms with van der Waals surface area (Å²) in [6.45, 7) is 4.13. The van der Waals surface area contributed by atoms with E-state index in [1.807, 2.05) is 13.8 Å². The summed E-state index contributed by atoms with van der Waals surface area (Å²) < 4.78 is 26.9. The average Bonchev–Trinajstić information content (AvgIpc) is 2.76. The van der Waals surface area contributed by atoms with Crippen LogP contribution in [0.2, 0.25) is 0 Å². The standard InChI is InChI=1S/C13H15F2N3/c1-7(2)13-17-11(6-16)12(18-13)9-5-8(14)3-4-10(9)15/h3-5,7H,6,16H2,1-2H3,(H,17,18). The molecule has 0 amide bonds. The molecule has 2 rings (SSSR count). The van der Waals surface area contributed by atoms with Crippen molar-refractivity contribution in [3.8, 4) is 11.3 Å². The zero-order valence-corrected chi connectivity index (χ0v) is 10.3. The summed E-state index contributed by atoms with van der Waals surface area (Å²) in [4.78, 5) is 7.36. The van der Waals surface area contributed by atoms with Crippen molar-refractivity contribution >= 4 is 0 Å². The summed E-state index contributed by atoms with van der Waals surface area (Å²) in [5.74, 6) is -0.119. The molecule has 0 aliphatic heterocycles. The number of rotatable bonds is 3. The maximum absolute atomic E-state index is 13.7. The maximum atomic E-state index is 13.7. The van der Waals surface area contributed by atoms with Crippen LogP contribution in [-0.4, -0.2) is 9.97 Å². The molecule has 96 valence electrons. The van der Waals surface area contributed by atoms with Gasteiger partial charge >= 0.3 is 0 Å². The van der Waals surface area contributed by atoms with E-state index < -0.39 is 11.6 Å². The van der Waals surface area contributed by atoms with Crippen molar-refractivity contribution in [2.24, 2.45) is 5.73 Å². The molecule has 0 spiro atoms. The van der Waals surface area contributed by atoms with E-state index in [1.165, 1.54) is 0 Å². The molecule has 1 aromatic carbocycles. The molecule has 0 aliphatic carbocycles. The highest BCUT2D eigenvalue weighted by Crippen LogP contribution is 2.27. The van der Waals surface area contributed by atoms with E-state index in [0.717, 1.165) is 18.2 Å². The van der Waals surface area contributed by atoms with Crippen molar-refractivity contribution in [1.29, 1.82) is 0 Å². The van der Waals surface area contributed by atoms with Gasteiger partial charge in [0.05, 0.1) is 11.4 Å². The second kappa shape index (κ2) is 4.86. The van der Waals surface area contributed by atoms with E-state index in [2.05, 4.69) is 9.97 Å². The first-order chi connectivity index (χ1) is 8.52.